The van der Waals surface area contributed by atoms with Gasteiger partial charge in [0.1, 0.15) is 11.3 Å². The lowest BCUT2D eigenvalue weighted by atomic mass is 10.1. The number of nitrogens with two attached hydrogens (primary N) is 1. The van der Waals surface area contributed by atoms with Gasteiger partial charge in [-0.3, -0.25) is 9.25 Å². The third-order valence-corrected chi connectivity index (χ3v) is 3.93. The number of rotatable bonds is 5. The van der Waals surface area contributed by atoms with Gasteiger partial charge in [-0.25, -0.2) is 4.98 Å². The second-order valence-corrected chi connectivity index (χ2v) is 5.40. The van der Waals surface area contributed by atoms with E-state index in [9.17, 15) is 0 Å². The van der Waals surface area contributed by atoms with E-state index in [1.165, 1.54) is 0 Å². The molecule has 0 amide bonds. The van der Waals surface area contributed by atoms with Gasteiger partial charge in [0, 0.05) is 19.5 Å². The van der Waals surface area contributed by atoms with Crippen LogP contribution in [0.25, 0.3) is 11.2 Å². The summed E-state index contributed by atoms with van der Waals surface area (Å²) in [5, 5.41) is 4.52. The van der Waals surface area contributed by atoms with E-state index in [1.807, 2.05) is 23.9 Å². The lowest BCUT2D eigenvalue weighted by Crippen LogP contribution is -2.12. The summed E-state index contributed by atoms with van der Waals surface area (Å²) >= 11 is 0. The maximum absolute atomic E-state index is 6.13. The van der Waals surface area contributed by atoms with Gasteiger partial charge in [-0.2, -0.15) is 5.10 Å². The minimum absolute atomic E-state index is 0.236. The third-order valence-electron chi connectivity index (χ3n) is 3.93. The maximum Gasteiger partial charge on any atom is 0.202 e. The molecule has 0 aliphatic carbocycles. The van der Waals surface area contributed by atoms with Crippen molar-refractivity contribution in [2.45, 2.75) is 39.2 Å². The van der Waals surface area contributed by atoms with Crippen LogP contribution in [0, 0.1) is 0 Å². The molecule has 3 rings (SSSR count). The van der Waals surface area contributed by atoms with Gasteiger partial charge < -0.3 is 10.2 Å². The molecule has 0 aliphatic heterocycles. The summed E-state index contributed by atoms with van der Waals surface area (Å²) in [5.74, 6) is 1.55. The number of aromatic nitrogens is 4. The molecule has 0 spiro atoms. The topological polar surface area (TPSA) is 74.8 Å². The molecule has 0 saturated heterocycles. The maximum atomic E-state index is 6.13. The molecule has 112 valence electrons. The van der Waals surface area contributed by atoms with Crippen molar-refractivity contribution in [3.8, 4) is 0 Å². The monoisotopic (exact) mass is 287 g/mol. The Morgan fingerprint density at radius 1 is 1.43 bits per heavy atom. The quantitative estimate of drug-likeness (QED) is 0.783. The van der Waals surface area contributed by atoms with Crippen LogP contribution in [-0.4, -0.2) is 19.3 Å². The van der Waals surface area contributed by atoms with Crippen molar-refractivity contribution in [1.82, 2.24) is 19.3 Å². The highest BCUT2D eigenvalue weighted by molar-refractivity contribution is 5.78. The summed E-state index contributed by atoms with van der Waals surface area (Å²) in [5.41, 5.74) is 9.04. The molecule has 0 aromatic carbocycles. The van der Waals surface area contributed by atoms with Crippen LogP contribution in [0.3, 0.4) is 0 Å². The van der Waals surface area contributed by atoms with Gasteiger partial charge in [-0.15, -0.1) is 0 Å². The normalized spacial score (nSPS) is 13.1. The number of fused-ring (bicyclic) bond motifs is 1. The Labute approximate surface area is 123 Å². The van der Waals surface area contributed by atoms with Gasteiger partial charge in [-0.05, 0) is 31.9 Å². The molecule has 0 saturated carbocycles. The standard InChI is InChI=1S/C15H21N5O/c1-4-12-13-14(19(3)18-12)20(15(16)17-13)10(2)7-8-11-6-5-9-21-11/h5-6,9-10H,4,7-8H2,1-3H3,(H2,16,17). The fourth-order valence-corrected chi connectivity index (χ4v) is 2.83. The molecule has 21 heavy (non-hydrogen) atoms. The summed E-state index contributed by atoms with van der Waals surface area (Å²) in [6.45, 7) is 4.23. The van der Waals surface area contributed by atoms with E-state index >= 15 is 0 Å². The first-order chi connectivity index (χ1) is 10.1. The van der Waals surface area contributed by atoms with Crippen LogP contribution in [0.15, 0.2) is 22.8 Å². The van der Waals surface area contributed by atoms with E-state index in [4.69, 9.17) is 10.2 Å². The molecule has 0 aliphatic rings. The molecule has 0 radical (unpaired) electrons. The van der Waals surface area contributed by atoms with Gasteiger partial charge in [0.25, 0.3) is 0 Å². The van der Waals surface area contributed by atoms with Gasteiger partial charge in [0.2, 0.25) is 5.95 Å². The van der Waals surface area contributed by atoms with Crippen LogP contribution in [0.2, 0.25) is 0 Å². The number of furan rings is 1. The molecule has 3 aromatic heterocycles. The van der Waals surface area contributed by atoms with Crippen LogP contribution in [0.1, 0.15) is 37.8 Å². The Morgan fingerprint density at radius 2 is 2.24 bits per heavy atom. The first-order valence-electron chi connectivity index (χ1n) is 7.33. The highest BCUT2D eigenvalue weighted by atomic mass is 16.3. The van der Waals surface area contributed by atoms with Crippen molar-refractivity contribution in [1.29, 1.82) is 0 Å². The zero-order valence-corrected chi connectivity index (χ0v) is 12.7. The number of nitrogens with zero attached hydrogens (tertiary/aromatic N) is 4. The van der Waals surface area contributed by atoms with Crippen molar-refractivity contribution in [3.63, 3.8) is 0 Å². The highest BCUT2D eigenvalue weighted by Crippen LogP contribution is 2.27. The number of hydrogen-bond acceptors (Lipinski definition) is 4. The molecule has 0 bridgehead atoms. The Kier molecular flexibility index (Phi) is 3.45. The first-order valence-corrected chi connectivity index (χ1v) is 7.33. The lowest BCUT2D eigenvalue weighted by Gasteiger charge is -2.15. The van der Waals surface area contributed by atoms with Gasteiger partial charge in [0.05, 0.1) is 12.0 Å². The molecular formula is C15H21N5O. The van der Waals surface area contributed by atoms with E-state index in [0.29, 0.717) is 5.95 Å². The Balaban J connectivity index is 1.91. The minimum atomic E-state index is 0.236. The summed E-state index contributed by atoms with van der Waals surface area (Å²) in [6.07, 6.45) is 4.38. The fourth-order valence-electron chi connectivity index (χ4n) is 2.83. The van der Waals surface area contributed by atoms with E-state index in [-0.39, 0.29) is 6.04 Å². The van der Waals surface area contributed by atoms with Crippen LogP contribution in [-0.2, 0) is 19.9 Å². The number of imidazole rings is 1. The minimum Gasteiger partial charge on any atom is -0.469 e. The van der Waals surface area contributed by atoms with E-state index in [1.54, 1.807) is 6.26 Å². The molecule has 1 unspecified atom stereocenters. The van der Waals surface area contributed by atoms with Crippen LogP contribution < -0.4 is 5.73 Å². The Hall–Kier alpha value is -2.24. The molecule has 1 atom stereocenters. The smallest absolute Gasteiger partial charge is 0.202 e. The molecule has 2 N–H and O–H groups in total. The summed E-state index contributed by atoms with van der Waals surface area (Å²) in [4.78, 5) is 4.50. The van der Waals surface area contributed by atoms with E-state index in [0.717, 1.165) is 41.9 Å². The third kappa shape index (κ3) is 2.30. The largest absolute Gasteiger partial charge is 0.469 e. The van der Waals surface area contributed by atoms with Crippen LogP contribution in [0.4, 0.5) is 5.95 Å². The number of hydrogen-bond donors (Lipinski definition) is 1. The summed E-state index contributed by atoms with van der Waals surface area (Å²) in [6, 6.07) is 4.15. The van der Waals surface area contributed by atoms with E-state index < -0.39 is 0 Å². The second-order valence-electron chi connectivity index (χ2n) is 5.40. The highest BCUT2D eigenvalue weighted by Gasteiger charge is 2.20. The molecule has 0 fully saturated rings. The molecule has 3 heterocycles. The zero-order valence-electron chi connectivity index (χ0n) is 12.7. The second kappa shape index (κ2) is 5.27. The molecule has 6 nitrogen and oxygen atoms in total. The van der Waals surface area contributed by atoms with Gasteiger partial charge >= 0.3 is 0 Å². The van der Waals surface area contributed by atoms with Crippen molar-refractivity contribution in [2.75, 3.05) is 5.73 Å². The van der Waals surface area contributed by atoms with Crippen molar-refractivity contribution < 1.29 is 4.42 Å². The average Bonchev–Trinajstić information content (AvgIpc) is 3.14. The van der Waals surface area contributed by atoms with Crippen LogP contribution in [0.5, 0.6) is 0 Å². The van der Waals surface area contributed by atoms with Crippen molar-refractivity contribution >= 4 is 17.1 Å². The fraction of sp³-hybridized carbons (Fsp3) is 0.467. The SMILES string of the molecule is CCc1nn(C)c2c1nc(N)n2C(C)CCc1ccco1. The Morgan fingerprint density at radius 3 is 2.90 bits per heavy atom. The first kappa shape index (κ1) is 13.7. The van der Waals surface area contributed by atoms with Gasteiger partial charge in [-0.1, -0.05) is 6.92 Å². The predicted molar refractivity (Wildman–Crippen MR) is 82.0 cm³/mol. The number of anilines is 1. The zero-order chi connectivity index (χ0) is 15.0. The lowest BCUT2D eigenvalue weighted by molar-refractivity contribution is 0.456. The van der Waals surface area contributed by atoms with Crippen molar-refractivity contribution in [3.05, 3.63) is 29.9 Å². The summed E-state index contributed by atoms with van der Waals surface area (Å²) < 4.78 is 9.34. The molecule has 3 aromatic rings. The number of nitrogen functional groups attached to an aromatic ring is 1. The van der Waals surface area contributed by atoms with Gasteiger partial charge in [0.15, 0.2) is 5.65 Å². The Bertz CT molecular complexity index is 738. The average molecular weight is 287 g/mol. The van der Waals surface area contributed by atoms with Crippen molar-refractivity contribution in [2.24, 2.45) is 7.05 Å². The van der Waals surface area contributed by atoms with E-state index in [2.05, 4.69) is 28.5 Å². The molecule has 6 heteroatoms. The molecular weight excluding hydrogens is 266 g/mol. The predicted octanol–water partition coefficient (Wildman–Crippen LogP) is 2.70. The summed E-state index contributed by atoms with van der Waals surface area (Å²) in [7, 11) is 1.94. The van der Waals surface area contributed by atoms with Crippen LogP contribution >= 0.6 is 0 Å². The number of aryl methyl sites for hydroxylation is 3.